The number of rotatable bonds is 8. The van der Waals surface area contributed by atoms with Crippen LogP contribution in [0.1, 0.15) is 17.2 Å². The van der Waals surface area contributed by atoms with Gasteiger partial charge in [-0.1, -0.05) is 60.7 Å². The van der Waals surface area contributed by atoms with Crippen molar-refractivity contribution in [2.24, 2.45) is 0 Å². The zero-order valence-electron chi connectivity index (χ0n) is 16.0. The molecule has 3 rings (SSSR count). The number of carbonyl (C=O) groups is 1. The van der Waals surface area contributed by atoms with E-state index in [4.69, 9.17) is 0 Å². The number of alkyl halides is 2. The van der Waals surface area contributed by atoms with E-state index in [1.165, 1.54) is 12.1 Å². The average Bonchev–Trinajstić information content (AvgIpc) is 2.73. The molecule has 0 unspecified atom stereocenters. The molecule has 0 saturated carbocycles. The molecule has 6 heteroatoms. The Balaban J connectivity index is 1.76. The maximum absolute atomic E-state index is 12.7. The minimum Gasteiger partial charge on any atom is -0.435 e. The van der Waals surface area contributed by atoms with Gasteiger partial charge in [0.1, 0.15) is 5.75 Å². The molecule has 0 radical (unpaired) electrons. The number of nitrogens with one attached hydrogen (secondary N) is 1. The number of nitrogens with zero attached hydrogens (tertiary/aromatic N) is 1. The van der Waals surface area contributed by atoms with Crippen LogP contribution in [0.5, 0.6) is 5.75 Å². The summed E-state index contributed by atoms with van der Waals surface area (Å²) in [4.78, 5) is 14.6. The summed E-state index contributed by atoms with van der Waals surface area (Å²) in [7, 11) is 1.85. The monoisotopic (exact) mass is 396 g/mol. The van der Waals surface area contributed by atoms with Crippen molar-refractivity contribution in [2.45, 2.75) is 12.7 Å². The molecule has 1 atom stereocenters. The third-order valence-electron chi connectivity index (χ3n) is 4.45. The van der Waals surface area contributed by atoms with E-state index >= 15 is 0 Å². The van der Waals surface area contributed by atoms with E-state index in [0.717, 1.165) is 16.8 Å². The number of carbonyl (C=O) groups excluding carboxylic acids is 1. The van der Waals surface area contributed by atoms with Gasteiger partial charge >= 0.3 is 6.61 Å². The Labute approximate surface area is 168 Å². The predicted molar refractivity (Wildman–Crippen MR) is 109 cm³/mol. The van der Waals surface area contributed by atoms with Crippen LogP contribution in [0.2, 0.25) is 0 Å². The quantitative estimate of drug-likeness (QED) is 0.604. The van der Waals surface area contributed by atoms with Crippen molar-refractivity contribution in [3.8, 4) is 5.75 Å². The van der Waals surface area contributed by atoms with Crippen LogP contribution in [-0.4, -0.2) is 26.1 Å². The van der Waals surface area contributed by atoms with E-state index in [2.05, 4.69) is 10.1 Å². The van der Waals surface area contributed by atoms with E-state index in [9.17, 15) is 13.6 Å². The largest absolute Gasteiger partial charge is 0.435 e. The lowest BCUT2D eigenvalue weighted by molar-refractivity contribution is -0.120. The third-order valence-corrected chi connectivity index (χ3v) is 4.45. The van der Waals surface area contributed by atoms with Crippen LogP contribution in [0.25, 0.3) is 0 Å². The summed E-state index contributed by atoms with van der Waals surface area (Å²) in [6.07, 6.45) is 0. The summed E-state index contributed by atoms with van der Waals surface area (Å²) in [6, 6.07) is 25.0. The van der Waals surface area contributed by atoms with Crippen molar-refractivity contribution in [2.75, 3.05) is 18.5 Å². The summed E-state index contributed by atoms with van der Waals surface area (Å²) < 4.78 is 29.2. The van der Waals surface area contributed by atoms with Crippen LogP contribution in [0, 0.1) is 0 Å². The maximum Gasteiger partial charge on any atom is 0.387 e. The van der Waals surface area contributed by atoms with Gasteiger partial charge in [-0.3, -0.25) is 4.79 Å². The lowest BCUT2D eigenvalue weighted by Crippen LogP contribution is -2.37. The number of hydrogen-bond donors (Lipinski definition) is 1. The molecule has 1 N–H and O–H groups in total. The molecule has 0 spiro atoms. The highest BCUT2D eigenvalue weighted by Gasteiger charge is 2.18. The Morgan fingerprint density at radius 2 is 1.45 bits per heavy atom. The fourth-order valence-corrected chi connectivity index (χ4v) is 3.04. The molecule has 0 aliphatic rings. The van der Waals surface area contributed by atoms with E-state index in [1.54, 1.807) is 12.1 Å². The number of ether oxygens (including phenoxy) is 1. The van der Waals surface area contributed by atoms with Crippen LogP contribution in [0.3, 0.4) is 0 Å². The number of amides is 1. The van der Waals surface area contributed by atoms with Gasteiger partial charge < -0.3 is 15.0 Å². The lowest BCUT2D eigenvalue weighted by Gasteiger charge is -2.23. The third kappa shape index (κ3) is 5.78. The minimum absolute atomic E-state index is 0.0747. The molecule has 0 heterocycles. The van der Waals surface area contributed by atoms with Crippen LogP contribution >= 0.6 is 0 Å². The Bertz CT molecular complexity index is 903. The molecular formula is C23H22F2N2O2. The van der Waals surface area contributed by atoms with Gasteiger partial charge in [-0.15, -0.1) is 0 Å². The van der Waals surface area contributed by atoms with Gasteiger partial charge in [0.05, 0.1) is 12.6 Å². The van der Waals surface area contributed by atoms with Crippen molar-refractivity contribution >= 4 is 11.6 Å². The average molecular weight is 396 g/mol. The molecule has 0 aromatic heterocycles. The Hall–Kier alpha value is -3.41. The summed E-state index contributed by atoms with van der Waals surface area (Å²) >= 11 is 0. The molecule has 29 heavy (non-hydrogen) atoms. The predicted octanol–water partition coefficient (Wildman–Crippen LogP) is 4.63. The fourth-order valence-electron chi connectivity index (χ4n) is 3.04. The summed E-state index contributed by atoms with van der Waals surface area (Å²) in [6.45, 7) is -2.70. The second kappa shape index (κ2) is 9.68. The number of likely N-dealkylation sites (N-methyl/N-ethyl adjacent to an activating group) is 1. The Kier molecular flexibility index (Phi) is 6.79. The van der Waals surface area contributed by atoms with E-state index < -0.39 is 12.7 Å². The summed E-state index contributed by atoms with van der Waals surface area (Å²) in [5.74, 6) is -0.0798. The molecular weight excluding hydrogens is 374 g/mol. The number of anilines is 1. The molecule has 0 saturated heterocycles. The molecule has 150 valence electrons. The smallest absolute Gasteiger partial charge is 0.387 e. The first-order valence-electron chi connectivity index (χ1n) is 9.18. The minimum atomic E-state index is -2.88. The highest BCUT2D eigenvalue weighted by atomic mass is 19.3. The molecule has 3 aromatic rings. The van der Waals surface area contributed by atoms with Crippen LogP contribution in [0.15, 0.2) is 84.9 Å². The number of benzene rings is 3. The summed E-state index contributed by atoms with van der Waals surface area (Å²) in [5, 5.41) is 3.04. The van der Waals surface area contributed by atoms with Gasteiger partial charge in [0.15, 0.2) is 0 Å². The molecule has 0 aliphatic carbocycles. The molecule has 3 aromatic carbocycles. The fraction of sp³-hybridized carbons (Fsp3) is 0.174. The molecule has 0 aliphatic heterocycles. The second-order valence-electron chi connectivity index (χ2n) is 6.55. The molecule has 0 fully saturated rings. The summed E-state index contributed by atoms with van der Waals surface area (Å²) in [5.41, 5.74) is 2.60. The standard InChI is InChI=1S/C23H22F2N2O2/c1-27(19-10-6-3-7-11-19)16-21(28)26-22(17-8-4-2-5-9-17)18-12-14-20(15-13-18)29-23(24)25/h2-15,22-23H,16H2,1H3,(H,26,28)/t22-/m0/s1. The van der Waals surface area contributed by atoms with Crippen molar-refractivity contribution < 1.29 is 18.3 Å². The van der Waals surface area contributed by atoms with Gasteiger partial charge in [0.25, 0.3) is 0 Å². The van der Waals surface area contributed by atoms with Gasteiger partial charge in [-0.25, -0.2) is 0 Å². The first-order valence-corrected chi connectivity index (χ1v) is 9.18. The van der Waals surface area contributed by atoms with Crippen molar-refractivity contribution in [1.29, 1.82) is 0 Å². The first kappa shape index (κ1) is 20.3. The normalized spacial score (nSPS) is 11.7. The van der Waals surface area contributed by atoms with Crippen molar-refractivity contribution in [3.63, 3.8) is 0 Å². The van der Waals surface area contributed by atoms with Crippen LogP contribution in [-0.2, 0) is 4.79 Å². The van der Waals surface area contributed by atoms with E-state index in [1.807, 2.05) is 72.6 Å². The van der Waals surface area contributed by atoms with Crippen molar-refractivity contribution in [1.82, 2.24) is 5.32 Å². The highest BCUT2D eigenvalue weighted by Crippen LogP contribution is 2.25. The maximum atomic E-state index is 12.7. The topological polar surface area (TPSA) is 41.6 Å². The molecule has 1 amide bonds. The SMILES string of the molecule is CN(CC(=O)N[C@@H](c1ccccc1)c1ccc(OC(F)F)cc1)c1ccccc1. The Morgan fingerprint density at radius 1 is 0.897 bits per heavy atom. The number of hydrogen-bond acceptors (Lipinski definition) is 3. The highest BCUT2D eigenvalue weighted by molar-refractivity contribution is 5.82. The molecule has 0 bridgehead atoms. The van der Waals surface area contributed by atoms with Gasteiger partial charge in [-0.05, 0) is 35.4 Å². The van der Waals surface area contributed by atoms with Gasteiger partial charge in [-0.2, -0.15) is 8.78 Å². The number of halogens is 2. The molecule has 4 nitrogen and oxygen atoms in total. The lowest BCUT2D eigenvalue weighted by atomic mass is 9.98. The first-order chi connectivity index (χ1) is 14.0. The van der Waals surface area contributed by atoms with Gasteiger partial charge in [0.2, 0.25) is 5.91 Å². The van der Waals surface area contributed by atoms with Gasteiger partial charge in [0, 0.05) is 12.7 Å². The van der Waals surface area contributed by atoms with Crippen LogP contribution in [0.4, 0.5) is 14.5 Å². The van der Waals surface area contributed by atoms with E-state index in [-0.39, 0.29) is 18.2 Å². The zero-order chi connectivity index (χ0) is 20.6. The number of para-hydroxylation sites is 1. The van der Waals surface area contributed by atoms with E-state index in [0.29, 0.717) is 0 Å². The Morgan fingerprint density at radius 3 is 2.03 bits per heavy atom. The van der Waals surface area contributed by atoms with Crippen molar-refractivity contribution in [3.05, 3.63) is 96.1 Å². The van der Waals surface area contributed by atoms with Crippen LogP contribution < -0.4 is 15.0 Å². The second-order valence-corrected chi connectivity index (χ2v) is 6.55. The zero-order valence-corrected chi connectivity index (χ0v) is 16.0.